The molecule has 0 aliphatic rings. The topological polar surface area (TPSA) is 29.3 Å². The molecule has 2 nitrogen and oxygen atoms in total. The van der Waals surface area contributed by atoms with Crippen LogP contribution in [0.15, 0.2) is 0 Å². The molecule has 2 N–H and O–H groups in total. The normalized spacial score (nSPS) is 15.2. The van der Waals surface area contributed by atoms with Crippen molar-refractivity contribution in [1.29, 1.82) is 0 Å². The first-order valence-corrected chi connectivity index (χ1v) is 4.84. The Labute approximate surface area is 77.1 Å². The van der Waals surface area contributed by atoms with E-state index in [1.165, 1.54) is 6.42 Å². The molecule has 1 atom stereocenters. The summed E-state index contributed by atoms with van der Waals surface area (Å²) in [5.41, 5.74) is 6.11. The van der Waals surface area contributed by atoms with Gasteiger partial charge in [0.25, 0.3) is 0 Å². The lowest BCUT2D eigenvalue weighted by Crippen LogP contribution is -2.43. The quantitative estimate of drug-likeness (QED) is 0.684. The molecule has 0 fully saturated rings. The van der Waals surface area contributed by atoms with Gasteiger partial charge < -0.3 is 10.6 Å². The van der Waals surface area contributed by atoms with E-state index in [0.29, 0.717) is 0 Å². The second-order valence-corrected chi connectivity index (χ2v) is 4.52. The van der Waals surface area contributed by atoms with Crippen LogP contribution >= 0.6 is 0 Å². The van der Waals surface area contributed by atoms with E-state index < -0.39 is 0 Å². The molecule has 0 aliphatic heterocycles. The summed E-state index contributed by atoms with van der Waals surface area (Å²) >= 11 is 0. The number of nitrogens with zero attached hydrogens (tertiary/aromatic N) is 1. The minimum Gasteiger partial charge on any atom is -0.327 e. The van der Waals surface area contributed by atoms with Gasteiger partial charge in [-0.2, -0.15) is 0 Å². The third-order valence-electron chi connectivity index (χ3n) is 2.52. The maximum absolute atomic E-state index is 5.89. The molecule has 0 aromatic heterocycles. The second-order valence-electron chi connectivity index (χ2n) is 4.52. The van der Waals surface area contributed by atoms with Gasteiger partial charge in [-0.25, -0.2) is 0 Å². The molecule has 0 rings (SSSR count). The van der Waals surface area contributed by atoms with Crippen LogP contribution in [-0.4, -0.2) is 31.1 Å². The first kappa shape index (κ1) is 11.9. The number of hydrogen-bond donors (Lipinski definition) is 1. The second kappa shape index (κ2) is 4.83. The van der Waals surface area contributed by atoms with E-state index in [0.717, 1.165) is 13.1 Å². The van der Waals surface area contributed by atoms with Crippen LogP contribution in [0, 0.1) is 5.41 Å². The minimum absolute atomic E-state index is 0.226. The Morgan fingerprint density at radius 3 is 2.25 bits per heavy atom. The first-order valence-electron chi connectivity index (χ1n) is 4.84. The summed E-state index contributed by atoms with van der Waals surface area (Å²) < 4.78 is 0. The number of rotatable bonds is 5. The zero-order valence-corrected chi connectivity index (χ0v) is 9.22. The van der Waals surface area contributed by atoms with Crippen molar-refractivity contribution < 1.29 is 0 Å². The van der Waals surface area contributed by atoms with Crippen LogP contribution < -0.4 is 5.73 Å². The van der Waals surface area contributed by atoms with E-state index in [2.05, 4.69) is 39.6 Å². The van der Waals surface area contributed by atoms with Crippen molar-refractivity contribution in [3.8, 4) is 0 Å². The van der Waals surface area contributed by atoms with Crippen molar-refractivity contribution in [2.75, 3.05) is 20.1 Å². The molecule has 0 radical (unpaired) electrons. The zero-order valence-electron chi connectivity index (χ0n) is 9.22. The lowest BCUT2D eigenvalue weighted by molar-refractivity contribution is 0.184. The third-order valence-corrected chi connectivity index (χ3v) is 2.52. The molecule has 74 valence electrons. The van der Waals surface area contributed by atoms with Gasteiger partial charge in [0.2, 0.25) is 0 Å². The number of hydrogen-bond acceptors (Lipinski definition) is 2. The monoisotopic (exact) mass is 172 g/mol. The van der Waals surface area contributed by atoms with Crippen LogP contribution in [0.4, 0.5) is 0 Å². The summed E-state index contributed by atoms with van der Waals surface area (Å²) in [6.45, 7) is 11.0. The van der Waals surface area contributed by atoms with Crippen LogP contribution in [-0.2, 0) is 0 Å². The summed E-state index contributed by atoms with van der Waals surface area (Å²) in [5.74, 6) is 0. The zero-order chi connectivity index (χ0) is 9.78. The summed E-state index contributed by atoms with van der Waals surface area (Å²) in [4.78, 5) is 2.35. The van der Waals surface area contributed by atoms with Gasteiger partial charge in [-0.05, 0) is 32.4 Å². The van der Waals surface area contributed by atoms with Crippen molar-refractivity contribution in [3.63, 3.8) is 0 Å². The SMILES string of the molecule is CCCN(C)CC(C)(C)C(C)N. The third kappa shape index (κ3) is 4.07. The highest BCUT2D eigenvalue weighted by atomic mass is 15.1. The van der Waals surface area contributed by atoms with Crippen molar-refractivity contribution in [2.24, 2.45) is 11.1 Å². The van der Waals surface area contributed by atoms with Gasteiger partial charge in [0, 0.05) is 12.6 Å². The molecule has 0 saturated carbocycles. The lowest BCUT2D eigenvalue weighted by atomic mass is 9.85. The molecule has 0 aromatic carbocycles. The molecule has 0 heterocycles. The van der Waals surface area contributed by atoms with Gasteiger partial charge in [-0.15, -0.1) is 0 Å². The van der Waals surface area contributed by atoms with Gasteiger partial charge in [0.1, 0.15) is 0 Å². The maximum atomic E-state index is 5.89. The maximum Gasteiger partial charge on any atom is 0.00739 e. The Balaban J connectivity index is 3.88. The molecule has 0 saturated heterocycles. The Kier molecular flexibility index (Phi) is 4.80. The smallest absolute Gasteiger partial charge is 0.00739 e. The Bertz CT molecular complexity index is 119. The molecule has 1 unspecified atom stereocenters. The average Bonchev–Trinajstić information content (AvgIpc) is 1.85. The molecule has 0 bridgehead atoms. The van der Waals surface area contributed by atoms with E-state index in [-0.39, 0.29) is 11.5 Å². The highest BCUT2D eigenvalue weighted by molar-refractivity contribution is 4.80. The first-order chi connectivity index (χ1) is 5.40. The highest BCUT2D eigenvalue weighted by Crippen LogP contribution is 2.19. The predicted octanol–water partition coefficient (Wildman–Crippen LogP) is 1.70. The molecule has 0 aromatic rings. The average molecular weight is 172 g/mol. The standard InChI is InChI=1S/C10H24N2/c1-6-7-12(5)8-10(3,4)9(2)11/h9H,6-8,11H2,1-5H3. The molecule has 12 heavy (non-hydrogen) atoms. The summed E-state index contributed by atoms with van der Waals surface area (Å²) in [7, 11) is 2.16. The Hall–Kier alpha value is -0.0800. The summed E-state index contributed by atoms with van der Waals surface area (Å²) in [6, 6.07) is 0.261. The Morgan fingerprint density at radius 1 is 1.42 bits per heavy atom. The fraction of sp³-hybridized carbons (Fsp3) is 1.00. The fourth-order valence-electron chi connectivity index (χ4n) is 1.30. The van der Waals surface area contributed by atoms with Gasteiger partial charge in [-0.1, -0.05) is 20.8 Å². The molecule has 0 aliphatic carbocycles. The minimum atomic E-state index is 0.226. The van der Waals surface area contributed by atoms with Gasteiger partial charge >= 0.3 is 0 Å². The van der Waals surface area contributed by atoms with Crippen LogP contribution in [0.2, 0.25) is 0 Å². The Morgan fingerprint density at radius 2 is 1.92 bits per heavy atom. The molecule has 0 amide bonds. The lowest BCUT2D eigenvalue weighted by Gasteiger charge is -2.33. The predicted molar refractivity (Wildman–Crippen MR) is 55.2 cm³/mol. The molecular formula is C10H24N2. The van der Waals surface area contributed by atoms with Crippen LogP contribution in [0.3, 0.4) is 0 Å². The highest BCUT2D eigenvalue weighted by Gasteiger charge is 2.23. The number of nitrogens with two attached hydrogens (primary N) is 1. The fourth-order valence-corrected chi connectivity index (χ4v) is 1.30. The van der Waals surface area contributed by atoms with Crippen LogP contribution in [0.1, 0.15) is 34.1 Å². The van der Waals surface area contributed by atoms with Crippen LogP contribution in [0.25, 0.3) is 0 Å². The summed E-state index contributed by atoms with van der Waals surface area (Å²) in [6.07, 6.45) is 1.21. The van der Waals surface area contributed by atoms with Gasteiger partial charge in [-0.3, -0.25) is 0 Å². The van der Waals surface area contributed by atoms with E-state index in [1.54, 1.807) is 0 Å². The van der Waals surface area contributed by atoms with E-state index >= 15 is 0 Å². The van der Waals surface area contributed by atoms with Crippen molar-refractivity contribution >= 4 is 0 Å². The van der Waals surface area contributed by atoms with Crippen molar-refractivity contribution in [3.05, 3.63) is 0 Å². The van der Waals surface area contributed by atoms with Crippen molar-refractivity contribution in [1.82, 2.24) is 4.90 Å². The largest absolute Gasteiger partial charge is 0.327 e. The van der Waals surface area contributed by atoms with Crippen molar-refractivity contribution in [2.45, 2.75) is 40.2 Å². The van der Waals surface area contributed by atoms with Gasteiger partial charge in [0.15, 0.2) is 0 Å². The van der Waals surface area contributed by atoms with E-state index in [4.69, 9.17) is 5.73 Å². The molecule has 2 heteroatoms. The van der Waals surface area contributed by atoms with E-state index in [1.807, 2.05) is 0 Å². The molecule has 0 spiro atoms. The summed E-state index contributed by atoms with van der Waals surface area (Å²) in [5, 5.41) is 0. The van der Waals surface area contributed by atoms with E-state index in [9.17, 15) is 0 Å². The van der Waals surface area contributed by atoms with Crippen LogP contribution in [0.5, 0.6) is 0 Å². The van der Waals surface area contributed by atoms with Gasteiger partial charge in [0.05, 0.1) is 0 Å². The molecular weight excluding hydrogens is 148 g/mol.